The van der Waals surface area contributed by atoms with Crippen LogP contribution in [0, 0.1) is 6.33 Å². The van der Waals surface area contributed by atoms with Crippen LogP contribution in [0.2, 0.25) is 0 Å². The molecule has 0 bridgehead atoms. The number of nitrogens with zero attached hydrogens (tertiary/aromatic N) is 1. The van der Waals surface area contributed by atoms with E-state index in [1.165, 1.54) is 0 Å². The second-order valence-corrected chi connectivity index (χ2v) is 0.701. The first-order chi connectivity index (χ1) is 2.50. The van der Waals surface area contributed by atoms with Crippen LogP contribution in [-0.2, 0) is 0 Å². The van der Waals surface area contributed by atoms with Crippen molar-refractivity contribution in [1.82, 2.24) is 9.97 Å². The van der Waals surface area contributed by atoms with Crippen molar-refractivity contribution >= 4 is 29.6 Å². The number of imidazole rings is 1. The van der Waals surface area contributed by atoms with Crippen LogP contribution in [0.1, 0.15) is 0 Å². The monoisotopic (exact) mass is 91.0 g/mol. The summed E-state index contributed by atoms with van der Waals surface area (Å²) in [4.78, 5) is 6.17. The zero-order valence-electron chi connectivity index (χ0n) is 2.60. The van der Waals surface area contributed by atoms with Crippen LogP contribution >= 0.6 is 0 Å². The maximum Gasteiger partial charge on any atom is 0.173 e. The molecule has 1 aromatic rings. The van der Waals surface area contributed by atoms with E-state index in [-0.39, 0.29) is 29.6 Å². The molecule has 0 saturated heterocycles. The molecule has 1 heterocycles. The molecule has 0 amide bonds. The summed E-state index contributed by atoms with van der Waals surface area (Å²) in [5, 5.41) is 0. The molecule has 0 aliphatic rings. The van der Waals surface area contributed by atoms with Gasteiger partial charge in [0.05, 0.1) is 0 Å². The minimum Gasteiger partial charge on any atom is -0.342 e. The fourth-order valence-electron chi connectivity index (χ4n) is 0.186. The molecule has 1 rings (SSSR count). The Morgan fingerprint density at radius 2 is 2.50 bits per heavy atom. The van der Waals surface area contributed by atoms with Gasteiger partial charge in [0.2, 0.25) is 0 Å². The molecule has 1 radical (unpaired) electrons. The molecule has 0 aliphatic carbocycles. The van der Waals surface area contributed by atoms with E-state index in [4.69, 9.17) is 0 Å². The van der Waals surface area contributed by atoms with Gasteiger partial charge < -0.3 is 4.98 Å². The SMILES string of the molecule is [NaH].[c]1ncc[nH]1. The fraction of sp³-hybridized carbons (Fsp3) is 0. The number of hydrogen-bond donors (Lipinski definition) is 1. The molecule has 2 nitrogen and oxygen atoms in total. The van der Waals surface area contributed by atoms with E-state index in [2.05, 4.69) is 16.3 Å². The maximum absolute atomic E-state index is 3.54. The van der Waals surface area contributed by atoms with Gasteiger partial charge in [-0.25, -0.2) is 4.98 Å². The third kappa shape index (κ3) is 1.60. The fourth-order valence-corrected chi connectivity index (χ4v) is 0.186. The van der Waals surface area contributed by atoms with E-state index in [1.54, 1.807) is 12.4 Å². The zero-order valence-corrected chi connectivity index (χ0v) is 2.60. The van der Waals surface area contributed by atoms with Gasteiger partial charge in [-0.3, -0.25) is 0 Å². The minimum atomic E-state index is 0. The normalized spacial score (nSPS) is 6.67. The Bertz CT molecular complexity index is 65.3. The Kier molecular flexibility index (Phi) is 3.52. The predicted molar refractivity (Wildman–Crippen MR) is 24.6 cm³/mol. The molecule has 0 saturated carbocycles. The Morgan fingerprint density at radius 3 is 2.67 bits per heavy atom. The van der Waals surface area contributed by atoms with Crippen LogP contribution in [0.3, 0.4) is 0 Å². The summed E-state index contributed by atoms with van der Waals surface area (Å²) in [5.74, 6) is 0. The molecule has 0 aromatic carbocycles. The average Bonchev–Trinajstić information content (AvgIpc) is 1.76. The molecule has 6 heavy (non-hydrogen) atoms. The summed E-state index contributed by atoms with van der Waals surface area (Å²) < 4.78 is 0. The number of aromatic amines is 1. The van der Waals surface area contributed by atoms with Gasteiger partial charge >= 0.3 is 29.6 Å². The van der Waals surface area contributed by atoms with Gasteiger partial charge in [0.1, 0.15) is 0 Å². The van der Waals surface area contributed by atoms with Gasteiger partial charge in [-0.15, -0.1) is 0 Å². The first-order valence-corrected chi connectivity index (χ1v) is 1.35. The Balaban J connectivity index is 0.000000250. The molecule has 0 spiro atoms. The Morgan fingerprint density at radius 1 is 1.67 bits per heavy atom. The smallest absolute Gasteiger partial charge is 0.173 e. The van der Waals surface area contributed by atoms with Crippen LogP contribution in [0.4, 0.5) is 0 Å². The third-order valence-corrected chi connectivity index (χ3v) is 0.362. The van der Waals surface area contributed by atoms with E-state index in [1.807, 2.05) is 0 Å². The number of rotatable bonds is 0. The summed E-state index contributed by atoms with van der Waals surface area (Å²) in [7, 11) is 0. The standard InChI is InChI=1S/C3H3N2.Na.H/c1-2-5-3-4-1;;/h1-2H,(H,4,5);;. The van der Waals surface area contributed by atoms with Gasteiger partial charge in [0.25, 0.3) is 0 Å². The summed E-state index contributed by atoms with van der Waals surface area (Å²) in [6.45, 7) is 0. The van der Waals surface area contributed by atoms with Gasteiger partial charge in [0, 0.05) is 12.4 Å². The minimum absolute atomic E-state index is 0. The van der Waals surface area contributed by atoms with Crippen molar-refractivity contribution in [1.29, 1.82) is 0 Å². The number of hydrogen-bond acceptors (Lipinski definition) is 1. The predicted octanol–water partition coefficient (Wildman–Crippen LogP) is -0.439. The van der Waals surface area contributed by atoms with Crippen LogP contribution < -0.4 is 0 Å². The first kappa shape index (κ1) is 6.21. The first-order valence-electron chi connectivity index (χ1n) is 1.35. The van der Waals surface area contributed by atoms with Crippen LogP contribution in [0.5, 0.6) is 0 Å². The number of aromatic nitrogens is 2. The number of nitrogens with one attached hydrogen (secondary N) is 1. The molecule has 1 aromatic heterocycles. The van der Waals surface area contributed by atoms with Crippen molar-refractivity contribution in [2.75, 3.05) is 0 Å². The van der Waals surface area contributed by atoms with E-state index in [0.29, 0.717) is 0 Å². The summed E-state index contributed by atoms with van der Waals surface area (Å²) in [5.41, 5.74) is 0. The van der Waals surface area contributed by atoms with Crippen molar-refractivity contribution in [3.63, 3.8) is 0 Å². The quantitative estimate of drug-likeness (QED) is 0.431. The average molecular weight is 91.1 g/mol. The topological polar surface area (TPSA) is 28.7 Å². The number of H-pyrrole nitrogens is 1. The maximum atomic E-state index is 3.54. The molecular formula is C3H4N2Na. The van der Waals surface area contributed by atoms with Crippen molar-refractivity contribution in [2.45, 2.75) is 0 Å². The van der Waals surface area contributed by atoms with Gasteiger partial charge in [-0.1, -0.05) is 0 Å². The van der Waals surface area contributed by atoms with E-state index in [0.717, 1.165) is 0 Å². The molecule has 1 N–H and O–H groups in total. The Labute approximate surface area is 58.3 Å². The molecule has 0 unspecified atom stereocenters. The molecule has 27 valence electrons. The van der Waals surface area contributed by atoms with Crippen LogP contribution in [-0.4, -0.2) is 39.5 Å². The van der Waals surface area contributed by atoms with E-state index in [9.17, 15) is 0 Å². The summed E-state index contributed by atoms with van der Waals surface area (Å²) in [6.07, 6.45) is 5.83. The molecule has 0 aliphatic heterocycles. The molecule has 0 fully saturated rings. The summed E-state index contributed by atoms with van der Waals surface area (Å²) in [6, 6.07) is 0. The van der Waals surface area contributed by atoms with Crippen LogP contribution in [0.15, 0.2) is 12.4 Å². The molecule has 3 heteroatoms. The van der Waals surface area contributed by atoms with Crippen molar-refractivity contribution < 1.29 is 0 Å². The summed E-state index contributed by atoms with van der Waals surface area (Å²) >= 11 is 0. The molecular weight excluding hydrogens is 87.0 g/mol. The van der Waals surface area contributed by atoms with Crippen molar-refractivity contribution in [3.8, 4) is 0 Å². The third-order valence-electron chi connectivity index (χ3n) is 0.362. The Hall–Kier alpha value is 0.210. The van der Waals surface area contributed by atoms with Crippen molar-refractivity contribution in [3.05, 3.63) is 18.7 Å². The second-order valence-electron chi connectivity index (χ2n) is 0.701. The van der Waals surface area contributed by atoms with Crippen LogP contribution in [0.25, 0.3) is 0 Å². The van der Waals surface area contributed by atoms with Gasteiger partial charge in [-0.05, 0) is 0 Å². The van der Waals surface area contributed by atoms with Gasteiger partial charge in [0.15, 0.2) is 6.33 Å². The van der Waals surface area contributed by atoms with E-state index < -0.39 is 0 Å². The second kappa shape index (κ2) is 3.40. The van der Waals surface area contributed by atoms with E-state index >= 15 is 0 Å². The zero-order chi connectivity index (χ0) is 3.54. The van der Waals surface area contributed by atoms with Gasteiger partial charge in [-0.2, -0.15) is 0 Å². The molecule has 0 atom stereocenters. The largest absolute Gasteiger partial charge is 0.342 e. The van der Waals surface area contributed by atoms with Crippen molar-refractivity contribution in [2.24, 2.45) is 0 Å².